The van der Waals surface area contributed by atoms with E-state index in [4.69, 9.17) is 0 Å². The Morgan fingerprint density at radius 1 is 0.820 bits per heavy atom. The number of nitrogens with one attached hydrogen (secondary N) is 2. The Kier molecular flexibility index (Phi) is 12.8. The first kappa shape index (κ1) is 42.5. The molecule has 1 unspecified atom stereocenters. The van der Waals surface area contributed by atoms with Crippen molar-refractivity contribution in [2.75, 3.05) is 89.3 Å². The first-order valence-corrected chi connectivity index (χ1v) is 22.0. The minimum atomic E-state index is -1.01. The monoisotopic (exact) mass is 834 g/mol. The lowest BCUT2D eigenvalue weighted by molar-refractivity contribution is -0.136. The average molecular weight is 835 g/mol. The van der Waals surface area contributed by atoms with Crippen LogP contribution in [0.5, 0.6) is 0 Å². The molecule has 5 aliphatic heterocycles. The zero-order valence-corrected chi connectivity index (χ0v) is 35.7. The van der Waals surface area contributed by atoms with E-state index in [-0.39, 0.29) is 41.6 Å². The van der Waals surface area contributed by atoms with Gasteiger partial charge in [0.2, 0.25) is 17.7 Å². The van der Waals surface area contributed by atoms with Crippen LogP contribution in [-0.4, -0.2) is 141 Å². The number of carbonyl (C=O) groups is 5. The smallest absolute Gasteiger partial charge is 0.264 e. The molecule has 0 bridgehead atoms. The van der Waals surface area contributed by atoms with Gasteiger partial charge in [-0.05, 0) is 101 Å². The number of unbranched alkanes of at least 4 members (excludes halogenated alkanes) is 1. The van der Waals surface area contributed by atoms with Gasteiger partial charge in [0, 0.05) is 101 Å². The molecule has 4 saturated heterocycles. The number of imide groups is 2. The molecule has 0 radical (unpaired) electrons. The fraction of sp³-hybridized carbons (Fsp3) is 0.511. The van der Waals surface area contributed by atoms with Crippen molar-refractivity contribution in [2.45, 2.75) is 70.0 Å². The Bertz CT molecular complexity index is 2110. The molecular formula is C47H59FN8O5. The van der Waals surface area contributed by atoms with Gasteiger partial charge in [-0.15, -0.1) is 0 Å². The van der Waals surface area contributed by atoms with Crippen molar-refractivity contribution < 1.29 is 28.4 Å². The van der Waals surface area contributed by atoms with Gasteiger partial charge in [-0.25, -0.2) is 4.39 Å². The van der Waals surface area contributed by atoms with Gasteiger partial charge in [-0.1, -0.05) is 30.3 Å². The number of carbonyl (C=O) groups excluding carboxylic acids is 5. The Morgan fingerprint density at radius 2 is 1.56 bits per heavy atom. The fourth-order valence-electron chi connectivity index (χ4n) is 10.1. The number of benzene rings is 3. The number of hydrogen-bond acceptors (Lipinski definition) is 10. The van der Waals surface area contributed by atoms with Crippen LogP contribution in [0.3, 0.4) is 0 Å². The normalized spacial score (nSPS) is 23.0. The number of piperidine rings is 2. The van der Waals surface area contributed by atoms with Gasteiger partial charge in [-0.3, -0.25) is 44.0 Å². The fourth-order valence-corrected chi connectivity index (χ4v) is 10.1. The van der Waals surface area contributed by atoms with E-state index in [1.54, 1.807) is 24.3 Å². The molecule has 4 fully saturated rings. The van der Waals surface area contributed by atoms with Crippen molar-refractivity contribution in [1.29, 1.82) is 0 Å². The second-order valence-corrected chi connectivity index (χ2v) is 17.7. The number of rotatable bonds is 13. The maximum Gasteiger partial charge on any atom is 0.264 e. The summed E-state index contributed by atoms with van der Waals surface area (Å²) >= 11 is 0. The van der Waals surface area contributed by atoms with Crippen LogP contribution in [-0.2, 0) is 20.9 Å². The highest BCUT2D eigenvalue weighted by molar-refractivity contribution is 6.25. The van der Waals surface area contributed by atoms with E-state index in [1.165, 1.54) is 11.3 Å². The van der Waals surface area contributed by atoms with Crippen molar-refractivity contribution in [3.05, 3.63) is 94.3 Å². The van der Waals surface area contributed by atoms with Crippen LogP contribution in [0.4, 0.5) is 15.8 Å². The van der Waals surface area contributed by atoms with E-state index in [0.717, 1.165) is 74.7 Å². The first-order valence-electron chi connectivity index (χ1n) is 22.0. The van der Waals surface area contributed by atoms with Crippen LogP contribution in [0.25, 0.3) is 0 Å². The molecule has 0 aromatic heterocycles. The molecule has 5 amide bonds. The molecule has 5 aliphatic rings. The number of nitrogens with zero attached hydrogens (tertiary/aromatic N) is 6. The third-order valence-corrected chi connectivity index (χ3v) is 13.7. The van der Waals surface area contributed by atoms with Gasteiger partial charge in [0.25, 0.3) is 11.8 Å². The van der Waals surface area contributed by atoms with Gasteiger partial charge in [0.05, 0.1) is 16.8 Å². The standard InChI is InChI=1S/C47H59FN8O5/c1-31-8-6-10-38(48)36(31)28-53-29-37(41(30-53)51(2)3)32-12-14-34(15-13-32)54-26-24-52(25-27-54)21-5-4-20-49-44(58)33-18-22-55(23-19-33)39-11-7-9-35-43(39)47(61)56(46(35)60)40-16-17-42(57)50-45(40)59/h6-15,33,37,40-41H,4-5,16-30H2,1-3H3,(H,49,58)(H,50,57,59)/t37-,40?,41+/m1/s1. The number of aryl methyl sites for hydroxylation is 1. The molecule has 0 saturated carbocycles. The van der Waals surface area contributed by atoms with Gasteiger partial charge in [0.15, 0.2) is 0 Å². The van der Waals surface area contributed by atoms with Crippen LogP contribution in [0, 0.1) is 18.7 Å². The largest absolute Gasteiger partial charge is 0.371 e. The average Bonchev–Trinajstić information content (AvgIpc) is 3.80. The van der Waals surface area contributed by atoms with Gasteiger partial charge in [-0.2, -0.15) is 0 Å². The maximum absolute atomic E-state index is 14.7. The van der Waals surface area contributed by atoms with Gasteiger partial charge >= 0.3 is 0 Å². The second kappa shape index (κ2) is 18.4. The van der Waals surface area contributed by atoms with Crippen LogP contribution < -0.4 is 20.4 Å². The van der Waals surface area contributed by atoms with Crippen molar-refractivity contribution in [2.24, 2.45) is 5.92 Å². The third-order valence-electron chi connectivity index (χ3n) is 13.7. The van der Waals surface area contributed by atoms with Gasteiger partial charge < -0.3 is 20.0 Å². The third kappa shape index (κ3) is 9.08. The molecular weight excluding hydrogens is 776 g/mol. The van der Waals surface area contributed by atoms with Crippen LogP contribution >= 0.6 is 0 Å². The lowest BCUT2D eigenvalue weighted by Gasteiger charge is -2.36. The molecule has 3 aromatic carbocycles. The summed E-state index contributed by atoms with van der Waals surface area (Å²) in [6.07, 6.45) is 3.37. The summed E-state index contributed by atoms with van der Waals surface area (Å²) < 4.78 is 14.7. The first-order chi connectivity index (χ1) is 29.5. The van der Waals surface area contributed by atoms with Crippen LogP contribution in [0.15, 0.2) is 60.7 Å². The number of halogens is 1. The van der Waals surface area contributed by atoms with E-state index in [0.29, 0.717) is 56.7 Å². The Morgan fingerprint density at radius 3 is 2.26 bits per heavy atom. The van der Waals surface area contributed by atoms with E-state index >= 15 is 0 Å². The quantitative estimate of drug-likeness (QED) is 0.193. The molecule has 5 heterocycles. The highest BCUT2D eigenvalue weighted by Crippen LogP contribution is 2.37. The second-order valence-electron chi connectivity index (χ2n) is 17.7. The van der Waals surface area contributed by atoms with Crippen molar-refractivity contribution in [3.8, 4) is 0 Å². The summed E-state index contributed by atoms with van der Waals surface area (Å²) in [5.74, 6) is -1.89. The molecule has 0 aliphatic carbocycles. The van der Waals surface area contributed by atoms with E-state index in [9.17, 15) is 28.4 Å². The predicted octanol–water partition coefficient (Wildman–Crippen LogP) is 4.00. The molecule has 13 nitrogen and oxygen atoms in total. The summed E-state index contributed by atoms with van der Waals surface area (Å²) in [4.78, 5) is 77.0. The number of anilines is 2. The summed E-state index contributed by atoms with van der Waals surface area (Å²) in [7, 11) is 4.28. The molecule has 324 valence electrons. The van der Waals surface area contributed by atoms with Crippen molar-refractivity contribution in [3.63, 3.8) is 0 Å². The highest BCUT2D eigenvalue weighted by Gasteiger charge is 2.46. The lowest BCUT2D eigenvalue weighted by Crippen LogP contribution is -2.54. The molecule has 0 spiro atoms. The Hall–Kier alpha value is -5.18. The van der Waals surface area contributed by atoms with Crippen LogP contribution in [0.1, 0.15) is 81.8 Å². The summed E-state index contributed by atoms with van der Waals surface area (Å²) in [5.41, 5.74) is 5.58. The predicted molar refractivity (Wildman–Crippen MR) is 232 cm³/mol. The number of likely N-dealkylation sites (tertiary alicyclic amines) is 1. The molecule has 2 N–H and O–H groups in total. The Balaban J connectivity index is 0.739. The summed E-state index contributed by atoms with van der Waals surface area (Å²) in [6, 6.07) is 19.0. The van der Waals surface area contributed by atoms with Crippen molar-refractivity contribution >= 4 is 40.9 Å². The summed E-state index contributed by atoms with van der Waals surface area (Å²) in [5, 5.41) is 5.40. The molecule has 14 heteroatoms. The molecule has 8 rings (SSSR count). The molecule has 3 aromatic rings. The Labute approximate surface area is 358 Å². The highest BCUT2D eigenvalue weighted by atomic mass is 19.1. The maximum atomic E-state index is 14.7. The minimum Gasteiger partial charge on any atom is -0.371 e. The van der Waals surface area contributed by atoms with E-state index < -0.39 is 29.7 Å². The number of piperazine rings is 1. The SMILES string of the molecule is Cc1cccc(F)c1CN1C[C@H](c2ccc(N3CCN(CCCCNC(=O)C4CCN(c5cccc6c5C(=O)N(C5CCC(=O)NC5=O)C6=O)CC4)CC3)cc2)[C@@H](N(C)C)C1. The molecule has 3 atom stereocenters. The topological polar surface area (TPSA) is 129 Å². The van der Waals surface area contributed by atoms with E-state index in [1.807, 2.05) is 19.1 Å². The molecule has 61 heavy (non-hydrogen) atoms. The number of likely N-dealkylation sites (N-methyl/N-ethyl adjacent to an activating group) is 1. The van der Waals surface area contributed by atoms with E-state index in [2.05, 4.69) is 73.5 Å². The van der Waals surface area contributed by atoms with Gasteiger partial charge in [0.1, 0.15) is 11.9 Å². The zero-order valence-electron chi connectivity index (χ0n) is 35.7. The minimum absolute atomic E-state index is 0.0630. The number of amides is 5. The zero-order chi connectivity index (χ0) is 42.8. The number of hydrogen-bond donors (Lipinski definition) is 2. The van der Waals surface area contributed by atoms with Crippen molar-refractivity contribution in [1.82, 2.24) is 30.2 Å². The lowest BCUT2D eigenvalue weighted by atomic mass is 9.93. The number of fused-ring (bicyclic) bond motifs is 1. The van der Waals surface area contributed by atoms with Crippen LogP contribution in [0.2, 0.25) is 0 Å². The summed E-state index contributed by atoms with van der Waals surface area (Å²) in [6.45, 7) is 11.2.